The van der Waals surface area contributed by atoms with Crippen LogP contribution in [-0.2, 0) is 19.2 Å². The van der Waals surface area contributed by atoms with E-state index in [9.17, 15) is 151 Å². The summed E-state index contributed by atoms with van der Waals surface area (Å²) in [6.07, 6.45) is -16.3. The molecule has 2 amide bonds. The molecule has 37 heteroatoms. The minimum Gasteiger partial charge on any atom is -0.422 e. The first-order chi connectivity index (χ1) is 32.1. The van der Waals surface area contributed by atoms with Crippen LogP contribution >= 0.6 is 0 Å². The Morgan fingerprint density at radius 1 is 0.438 bits per heavy atom. The molecule has 0 radical (unpaired) electrons. The van der Waals surface area contributed by atoms with Crippen LogP contribution in [0.25, 0.3) is 0 Å². The Morgan fingerprint density at radius 2 is 0.712 bits per heavy atom. The molecular weight excluding hydrogens is 1110 g/mol. The zero-order chi connectivity index (χ0) is 57.7. The highest BCUT2D eigenvalue weighted by molar-refractivity contribution is 6.22. The van der Waals surface area contributed by atoms with E-state index in [0.717, 1.165) is 6.92 Å². The van der Waals surface area contributed by atoms with Crippen molar-refractivity contribution in [2.24, 2.45) is 11.8 Å². The minimum atomic E-state index is -8.73. The average Bonchev–Trinajstić information content (AvgIpc) is 3.44. The molecule has 2 aromatic rings. The number of nitrogens with zero attached hydrogens (tertiary/aromatic N) is 1. The third-order valence-corrected chi connectivity index (χ3v) is 10.5. The van der Waals surface area contributed by atoms with Gasteiger partial charge in [-0.05, 0) is 54.3 Å². The smallest absolute Gasteiger partial charge is 0.422 e. The van der Waals surface area contributed by atoms with E-state index in [-0.39, 0.29) is 22.6 Å². The van der Waals surface area contributed by atoms with Crippen molar-refractivity contribution < 1.29 is 160 Å². The van der Waals surface area contributed by atoms with Gasteiger partial charge < -0.3 is 9.47 Å². The van der Waals surface area contributed by atoms with E-state index >= 15 is 0 Å². The van der Waals surface area contributed by atoms with Crippen molar-refractivity contribution in [1.29, 1.82) is 0 Å². The molecule has 73 heavy (non-hydrogen) atoms. The fraction of sp³-hybridized carbons (Fsp3) is 0.556. The molecule has 414 valence electrons. The molecule has 0 saturated carbocycles. The Kier molecular flexibility index (Phi) is 15.3. The first-order valence-electron chi connectivity index (χ1n) is 18.3. The van der Waals surface area contributed by atoms with Crippen molar-refractivity contribution in [3.8, 4) is 11.5 Å². The van der Waals surface area contributed by atoms with Crippen LogP contribution in [0.3, 0.4) is 0 Å². The quantitative estimate of drug-likeness (QED) is 0.0639. The summed E-state index contributed by atoms with van der Waals surface area (Å²) in [4.78, 5) is 50.3. The lowest BCUT2D eigenvalue weighted by atomic mass is 9.85. The molecule has 0 bridgehead atoms. The predicted octanol–water partition coefficient (Wildman–Crippen LogP) is 12.6. The lowest BCUT2D eigenvalue weighted by Gasteiger charge is -2.40. The van der Waals surface area contributed by atoms with Crippen LogP contribution in [0.1, 0.15) is 31.7 Å². The van der Waals surface area contributed by atoms with Crippen LogP contribution in [0.2, 0.25) is 0 Å². The molecule has 3 atom stereocenters. The van der Waals surface area contributed by atoms with Gasteiger partial charge in [0.25, 0.3) is 0 Å². The molecule has 0 N–H and O–H groups in total. The summed E-state index contributed by atoms with van der Waals surface area (Å²) < 4.78 is 412. The number of carbonyl (C=O) groups is 4. The maximum Gasteiger partial charge on any atom is 0.460 e. The number of benzene rings is 2. The number of amides is 2. The van der Waals surface area contributed by atoms with Gasteiger partial charge in [-0.1, -0.05) is 26.0 Å². The summed E-state index contributed by atoms with van der Waals surface area (Å²) in [5.41, 5.74) is -0.805. The van der Waals surface area contributed by atoms with Crippen molar-refractivity contribution in [3.63, 3.8) is 0 Å². The molecule has 0 aliphatic carbocycles. The fourth-order valence-electron chi connectivity index (χ4n) is 6.00. The number of rotatable bonds is 18. The predicted molar refractivity (Wildman–Crippen MR) is 174 cm³/mol. The molecular formula is C36H19F30NO6. The van der Waals surface area contributed by atoms with Crippen LogP contribution in [0, 0.1) is 11.8 Å². The third kappa shape index (κ3) is 9.06. The second-order valence-corrected chi connectivity index (χ2v) is 15.3. The zero-order valence-corrected chi connectivity index (χ0v) is 34.3. The maximum atomic E-state index is 14.3. The topological polar surface area (TPSA) is 90.0 Å². The first-order valence-corrected chi connectivity index (χ1v) is 18.3. The van der Waals surface area contributed by atoms with E-state index in [4.69, 9.17) is 0 Å². The average molecular weight is 1130 g/mol. The van der Waals surface area contributed by atoms with Gasteiger partial charge in [-0.15, -0.1) is 0 Å². The number of hydrogen-bond acceptors (Lipinski definition) is 6. The highest BCUT2D eigenvalue weighted by Crippen LogP contribution is 2.64. The summed E-state index contributed by atoms with van der Waals surface area (Å²) in [6.45, 7) is 2.24. The second kappa shape index (κ2) is 18.1. The summed E-state index contributed by atoms with van der Waals surface area (Å²) in [6, 6.07) is 3.19. The SMILES string of the molecule is CC(CC1C(=O)N(c2ccc(OC(=O)C(F)(F)C(F)(F)C(F)(F)C(F)(F)C(F)(F)C(F)(F)C(F)(F)F)cc2)C(=O)C1C)c1ccc(OC(=O)C(F)(F)C(F)(F)C(F)(F)C(F)(F)C(F)(F)C(F)(F)C(F)(F)F)cc1. The maximum absolute atomic E-state index is 14.3. The van der Waals surface area contributed by atoms with Crippen molar-refractivity contribution in [3.05, 3.63) is 54.1 Å². The second-order valence-electron chi connectivity index (χ2n) is 15.3. The summed E-state index contributed by atoms with van der Waals surface area (Å²) >= 11 is 0. The fourth-order valence-corrected chi connectivity index (χ4v) is 6.00. The number of carbonyl (C=O) groups excluding carboxylic acids is 4. The van der Waals surface area contributed by atoms with Crippen molar-refractivity contribution in [2.75, 3.05) is 4.90 Å². The van der Waals surface area contributed by atoms with Gasteiger partial charge in [0.05, 0.1) is 11.6 Å². The molecule has 1 saturated heterocycles. The van der Waals surface area contributed by atoms with Crippen LogP contribution in [0.5, 0.6) is 11.5 Å². The van der Waals surface area contributed by atoms with E-state index in [1.807, 2.05) is 0 Å². The van der Waals surface area contributed by atoms with Gasteiger partial charge in [-0.2, -0.15) is 132 Å². The van der Waals surface area contributed by atoms with Gasteiger partial charge in [0.1, 0.15) is 11.5 Å². The first kappa shape index (κ1) is 61.7. The van der Waals surface area contributed by atoms with Gasteiger partial charge in [0, 0.05) is 5.92 Å². The monoisotopic (exact) mass is 1130 g/mol. The van der Waals surface area contributed by atoms with Gasteiger partial charge in [0.15, 0.2) is 0 Å². The summed E-state index contributed by atoms with van der Waals surface area (Å²) in [7, 11) is 0. The number of hydrogen-bond donors (Lipinski definition) is 0. The van der Waals surface area contributed by atoms with E-state index < -0.39 is 149 Å². The highest BCUT2D eigenvalue weighted by Gasteiger charge is 2.96. The highest BCUT2D eigenvalue weighted by atomic mass is 19.4. The Morgan fingerprint density at radius 3 is 1.01 bits per heavy atom. The number of halogens is 30. The Hall–Kier alpha value is -5.58. The number of esters is 2. The Balaban J connectivity index is 1.78. The number of ether oxygens (including phenoxy) is 2. The van der Waals surface area contributed by atoms with E-state index in [1.54, 1.807) is 0 Å². The van der Waals surface area contributed by atoms with Crippen molar-refractivity contribution in [2.45, 2.75) is 110 Å². The Labute approximate surface area is 382 Å². The Bertz CT molecular complexity index is 2410. The van der Waals surface area contributed by atoms with Gasteiger partial charge in [-0.3, -0.25) is 14.5 Å². The van der Waals surface area contributed by atoms with E-state index in [2.05, 4.69) is 9.47 Å². The van der Waals surface area contributed by atoms with Gasteiger partial charge in [-0.25, -0.2) is 9.59 Å². The van der Waals surface area contributed by atoms with Crippen LogP contribution in [0.4, 0.5) is 137 Å². The molecule has 0 aromatic heterocycles. The standard InChI is InChI=1S/C36H19F30NO6/c1-12(14-3-7-16(8-4-14)72-21(70)23(37,38)25(41,42)27(45,46)29(49,50)31(53,54)33(57,58)35(61,62)63)11-18-13(2)19(68)67(20(18)69)15-5-9-17(10-6-15)73-22(71)24(39,40)26(43,44)28(47,48)30(51,52)32(55,56)34(59,60)36(64,65)66/h3-10,12-13,18H,11H2,1-2H3. The molecule has 3 rings (SSSR count). The zero-order valence-electron chi connectivity index (χ0n) is 34.3. The molecule has 7 nitrogen and oxygen atoms in total. The van der Waals surface area contributed by atoms with Crippen LogP contribution in [-0.4, -0.2) is 107 Å². The normalized spacial score (nSPS) is 18.5. The molecule has 1 aliphatic rings. The number of imide groups is 1. The largest absolute Gasteiger partial charge is 0.460 e. The minimum absolute atomic E-state index is 0.134. The summed E-state index contributed by atoms with van der Waals surface area (Å²) in [5, 5.41) is 0. The lowest BCUT2D eigenvalue weighted by Crippen LogP contribution is -2.73. The molecule has 1 heterocycles. The molecule has 1 aliphatic heterocycles. The number of anilines is 1. The van der Waals surface area contributed by atoms with Crippen molar-refractivity contribution >= 4 is 29.4 Å². The molecule has 2 aromatic carbocycles. The van der Waals surface area contributed by atoms with E-state index in [0.29, 0.717) is 36.4 Å². The molecule has 3 unspecified atom stereocenters. The summed E-state index contributed by atoms with van der Waals surface area (Å²) in [5.74, 6) is -117. The van der Waals surface area contributed by atoms with Crippen molar-refractivity contribution in [1.82, 2.24) is 0 Å². The van der Waals surface area contributed by atoms with Gasteiger partial charge >= 0.3 is 95.4 Å². The van der Waals surface area contributed by atoms with Crippen LogP contribution < -0.4 is 14.4 Å². The van der Waals surface area contributed by atoms with E-state index in [1.165, 1.54) is 6.92 Å². The lowest BCUT2D eigenvalue weighted by molar-refractivity contribution is -0.450. The van der Waals surface area contributed by atoms with Gasteiger partial charge in [0.2, 0.25) is 11.8 Å². The van der Waals surface area contributed by atoms with Crippen LogP contribution in [0.15, 0.2) is 48.5 Å². The third-order valence-electron chi connectivity index (χ3n) is 10.5. The number of alkyl halides is 30. The molecule has 0 spiro atoms. The molecule has 1 fully saturated rings.